The smallest absolute Gasteiger partial charge is 0.0997 e. The summed E-state index contributed by atoms with van der Waals surface area (Å²) in [5, 5.41) is 9.75. The summed E-state index contributed by atoms with van der Waals surface area (Å²) in [6.45, 7) is 7.84. The third-order valence-corrected chi connectivity index (χ3v) is 1.96. The molecule has 0 saturated heterocycles. The van der Waals surface area contributed by atoms with Gasteiger partial charge in [0.25, 0.3) is 0 Å². The van der Waals surface area contributed by atoms with Crippen LogP contribution in [-0.2, 0) is 0 Å². The summed E-state index contributed by atoms with van der Waals surface area (Å²) < 4.78 is 0. The molecule has 0 amide bonds. The van der Waals surface area contributed by atoms with Gasteiger partial charge in [-0.25, -0.2) is 0 Å². The minimum absolute atomic E-state index is 0.217. The molecule has 1 aromatic heterocycles. The summed E-state index contributed by atoms with van der Waals surface area (Å²) in [6.07, 6.45) is 1.72. The number of hydrogen-bond donors (Lipinski definition) is 1. The minimum Gasteiger partial charge on any atom is -0.512 e. The van der Waals surface area contributed by atoms with Crippen LogP contribution in [0.4, 0.5) is 0 Å². The zero-order valence-corrected chi connectivity index (χ0v) is 9.20. The largest absolute Gasteiger partial charge is 0.512 e. The van der Waals surface area contributed by atoms with Gasteiger partial charge in [0.1, 0.15) is 0 Å². The highest BCUT2D eigenvalue weighted by Crippen LogP contribution is 2.24. The average molecular weight is 191 g/mol. The molecule has 1 rings (SSSR count). The Balaban J connectivity index is 2.98. The fourth-order valence-electron chi connectivity index (χ4n) is 1.00. The molecular weight excluding hydrogens is 174 g/mol. The molecule has 0 unspecified atom stereocenters. The topological polar surface area (TPSA) is 33.1 Å². The van der Waals surface area contributed by atoms with Gasteiger partial charge in [0.2, 0.25) is 0 Å². The Morgan fingerprint density at radius 2 is 2.00 bits per heavy atom. The van der Waals surface area contributed by atoms with Crippen LogP contribution in [0.15, 0.2) is 24.0 Å². The summed E-state index contributed by atoms with van der Waals surface area (Å²) in [5.41, 5.74) is 1.55. The van der Waals surface area contributed by atoms with Crippen LogP contribution in [0.2, 0.25) is 0 Å². The number of aliphatic hydroxyl groups excluding tert-OH is 1. The maximum atomic E-state index is 9.75. The van der Waals surface area contributed by atoms with Crippen molar-refractivity contribution in [1.29, 1.82) is 0 Å². The maximum absolute atomic E-state index is 9.75. The van der Waals surface area contributed by atoms with E-state index in [-0.39, 0.29) is 5.41 Å². The molecule has 1 heterocycles. The molecule has 76 valence electrons. The molecule has 0 saturated carbocycles. The molecule has 2 nitrogen and oxygen atoms in total. The monoisotopic (exact) mass is 191 g/mol. The van der Waals surface area contributed by atoms with E-state index < -0.39 is 0 Å². The molecule has 0 aliphatic carbocycles. The van der Waals surface area contributed by atoms with Gasteiger partial charge in [0.15, 0.2) is 0 Å². The molecule has 1 aromatic rings. The van der Waals surface area contributed by atoms with Crippen molar-refractivity contribution in [2.24, 2.45) is 5.41 Å². The van der Waals surface area contributed by atoms with Crippen LogP contribution in [0.5, 0.6) is 0 Å². The molecule has 0 bridgehead atoms. The zero-order chi connectivity index (χ0) is 10.8. The van der Waals surface area contributed by atoms with Gasteiger partial charge in [-0.2, -0.15) is 0 Å². The lowest BCUT2D eigenvalue weighted by Gasteiger charge is -2.16. The van der Waals surface area contributed by atoms with Crippen molar-refractivity contribution >= 4 is 6.08 Å². The van der Waals surface area contributed by atoms with Crippen LogP contribution in [0.25, 0.3) is 6.08 Å². The number of aliphatic hydroxyl groups is 1. The number of rotatable bonds is 1. The standard InChI is InChI=1S/C12H17NO/c1-9-6-5-7-10(13-9)8-11(14)12(2,3)4/h5-8,14H,1-4H3/b11-8-. The van der Waals surface area contributed by atoms with Crippen molar-refractivity contribution in [3.8, 4) is 0 Å². The highest BCUT2D eigenvalue weighted by atomic mass is 16.3. The van der Waals surface area contributed by atoms with E-state index in [1.807, 2.05) is 45.9 Å². The Hall–Kier alpha value is -1.31. The average Bonchev–Trinajstić information content (AvgIpc) is 2.02. The molecule has 0 aromatic carbocycles. The second kappa shape index (κ2) is 3.82. The molecule has 0 atom stereocenters. The summed E-state index contributed by atoms with van der Waals surface area (Å²) in [6, 6.07) is 5.75. The first-order valence-electron chi connectivity index (χ1n) is 4.74. The first-order valence-corrected chi connectivity index (χ1v) is 4.74. The zero-order valence-electron chi connectivity index (χ0n) is 9.20. The summed E-state index contributed by atoms with van der Waals surface area (Å²) in [5.74, 6) is 0.357. The summed E-state index contributed by atoms with van der Waals surface area (Å²) in [7, 11) is 0. The predicted octanol–water partition coefficient (Wildman–Crippen LogP) is 3.34. The number of nitrogens with zero attached hydrogens (tertiary/aromatic N) is 1. The predicted molar refractivity (Wildman–Crippen MR) is 59.0 cm³/mol. The first kappa shape index (κ1) is 10.8. The third-order valence-electron chi connectivity index (χ3n) is 1.96. The Kier molecular flexibility index (Phi) is 2.94. The van der Waals surface area contributed by atoms with Gasteiger partial charge in [0.05, 0.1) is 11.5 Å². The number of aromatic nitrogens is 1. The van der Waals surface area contributed by atoms with E-state index in [0.717, 1.165) is 11.4 Å². The van der Waals surface area contributed by atoms with E-state index in [0.29, 0.717) is 5.76 Å². The fraction of sp³-hybridized carbons (Fsp3) is 0.417. The van der Waals surface area contributed by atoms with Crippen LogP contribution < -0.4 is 0 Å². The normalized spacial score (nSPS) is 13.0. The van der Waals surface area contributed by atoms with Gasteiger partial charge in [0, 0.05) is 17.2 Å². The van der Waals surface area contributed by atoms with E-state index >= 15 is 0 Å². The second-order valence-corrected chi connectivity index (χ2v) is 4.48. The number of aryl methyl sites for hydroxylation is 1. The number of allylic oxidation sites excluding steroid dienone is 1. The number of hydrogen-bond acceptors (Lipinski definition) is 2. The van der Waals surface area contributed by atoms with Crippen molar-refractivity contribution < 1.29 is 5.11 Å². The Morgan fingerprint density at radius 3 is 2.50 bits per heavy atom. The molecule has 0 fully saturated rings. The Bertz CT molecular complexity index is 348. The lowest BCUT2D eigenvalue weighted by atomic mass is 9.93. The Labute approximate surface area is 85.3 Å². The van der Waals surface area contributed by atoms with Crippen molar-refractivity contribution in [1.82, 2.24) is 4.98 Å². The van der Waals surface area contributed by atoms with Crippen LogP contribution in [0, 0.1) is 12.3 Å². The summed E-state index contributed by atoms with van der Waals surface area (Å²) >= 11 is 0. The third kappa shape index (κ3) is 2.87. The molecule has 2 heteroatoms. The quantitative estimate of drug-likeness (QED) is 0.691. The lowest BCUT2D eigenvalue weighted by Crippen LogP contribution is -2.08. The highest BCUT2D eigenvalue weighted by molar-refractivity contribution is 5.48. The van der Waals surface area contributed by atoms with Crippen molar-refractivity contribution in [3.63, 3.8) is 0 Å². The van der Waals surface area contributed by atoms with Gasteiger partial charge < -0.3 is 5.11 Å². The Morgan fingerprint density at radius 1 is 1.36 bits per heavy atom. The lowest BCUT2D eigenvalue weighted by molar-refractivity contribution is 0.282. The first-order chi connectivity index (χ1) is 6.39. The van der Waals surface area contributed by atoms with E-state index in [9.17, 15) is 5.11 Å². The highest BCUT2D eigenvalue weighted by Gasteiger charge is 2.15. The summed E-state index contributed by atoms with van der Waals surface area (Å²) in [4.78, 5) is 4.29. The van der Waals surface area contributed by atoms with Gasteiger partial charge >= 0.3 is 0 Å². The van der Waals surface area contributed by atoms with E-state index in [2.05, 4.69) is 4.98 Å². The molecule has 14 heavy (non-hydrogen) atoms. The molecule has 0 aliphatic rings. The van der Waals surface area contributed by atoms with Crippen LogP contribution in [0.1, 0.15) is 32.2 Å². The van der Waals surface area contributed by atoms with Gasteiger partial charge in [-0.1, -0.05) is 26.8 Å². The van der Waals surface area contributed by atoms with Crippen molar-refractivity contribution in [2.75, 3.05) is 0 Å². The molecular formula is C12H17NO. The molecule has 0 aliphatic heterocycles. The van der Waals surface area contributed by atoms with Gasteiger partial charge in [-0.3, -0.25) is 4.98 Å². The van der Waals surface area contributed by atoms with Crippen LogP contribution >= 0.6 is 0 Å². The molecule has 1 N–H and O–H groups in total. The minimum atomic E-state index is -0.217. The second-order valence-electron chi connectivity index (χ2n) is 4.48. The molecule has 0 radical (unpaired) electrons. The van der Waals surface area contributed by atoms with Crippen LogP contribution in [0.3, 0.4) is 0 Å². The van der Waals surface area contributed by atoms with Crippen LogP contribution in [-0.4, -0.2) is 10.1 Å². The fourth-order valence-corrected chi connectivity index (χ4v) is 1.00. The molecule has 0 spiro atoms. The van der Waals surface area contributed by atoms with E-state index in [1.54, 1.807) is 6.08 Å². The van der Waals surface area contributed by atoms with Crippen molar-refractivity contribution in [3.05, 3.63) is 35.3 Å². The maximum Gasteiger partial charge on any atom is 0.0997 e. The number of pyridine rings is 1. The van der Waals surface area contributed by atoms with Gasteiger partial charge in [-0.05, 0) is 19.1 Å². The van der Waals surface area contributed by atoms with E-state index in [1.165, 1.54) is 0 Å². The van der Waals surface area contributed by atoms with Crippen molar-refractivity contribution in [2.45, 2.75) is 27.7 Å². The SMILES string of the molecule is Cc1cccc(/C=C(\O)C(C)(C)C)n1. The van der Waals surface area contributed by atoms with Gasteiger partial charge in [-0.15, -0.1) is 0 Å². The van der Waals surface area contributed by atoms with E-state index in [4.69, 9.17) is 0 Å².